The second-order valence-electron chi connectivity index (χ2n) is 11.2. The first kappa shape index (κ1) is 25.8. The number of aryl methyl sites for hydroxylation is 1. The molecule has 0 aliphatic carbocycles. The predicted octanol–water partition coefficient (Wildman–Crippen LogP) is 7.42. The normalized spacial score (nSPS) is 12.2. The van der Waals surface area contributed by atoms with Crippen LogP contribution >= 0.6 is 11.8 Å². The molecule has 0 aliphatic rings. The van der Waals surface area contributed by atoms with Gasteiger partial charge in [-0.2, -0.15) is 0 Å². The van der Waals surface area contributed by atoms with Gasteiger partial charge in [0.25, 0.3) is 0 Å². The van der Waals surface area contributed by atoms with E-state index in [0.717, 1.165) is 44.1 Å². The Morgan fingerprint density at radius 3 is 2.08 bits per heavy atom. The Hall–Kier alpha value is -3.25. The minimum absolute atomic E-state index is 0.172. The number of hydrogen-bond acceptors (Lipinski definition) is 5. The highest BCUT2D eigenvalue weighted by Crippen LogP contribution is 2.43. The summed E-state index contributed by atoms with van der Waals surface area (Å²) in [6.45, 7) is 13.1. The molecule has 0 saturated carbocycles. The summed E-state index contributed by atoms with van der Waals surface area (Å²) in [5, 5.41) is 11.0. The van der Waals surface area contributed by atoms with Crippen LogP contribution in [-0.2, 0) is 24.5 Å². The van der Waals surface area contributed by atoms with Gasteiger partial charge >= 0.3 is 0 Å². The van der Waals surface area contributed by atoms with Gasteiger partial charge in [0, 0.05) is 33.5 Å². The molecule has 4 rings (SSSR count). The van der Waals surface area contributed by atoms with Crippen molar-refractivity contribution in [3.8, 4) is 11.5 Å². The minimum atomic E-state index is -0.172. The fraction of sp³-hybridized carbons (Fsp3) is 0.333. The molecule has 4 aromatic rings. The van der Waals surface area contributed by atoms with E-state index in [0.29, 0.717) is 23.7 Å². The molecule has 3 aromatic carbocycles. The molecule has 6 heteroatoms. The molecule has 1 N–H and O–H groups in total. The van der Waals surface area contributed by atoms with Gasteiger partial charge in [0.1, 0.15) is 30.2 Å². The largest absolute Gasteiger partial charge is 0.507 e. The predicted molar refractivity (Wildman–Crippen MR) is 147 cm³/mol. The van der Waals surface area contributed by atoms with Crippen molar-refractivity contribution in [1.82, 2.24) is 9.55 Å². The average Bonchev–Trinajstić information content (AvgIpc) is 3.12. The number of fused-ring (bicyclic) bond motifs is 1. The van der Waals surface area contributed by atoms with E-state index in [1.807, 2.05) is 13.1 Å². The Bertz CT molecular complexity index is 1370. The van der Waals surface area contributed by atoms with Crippen molar-refractivity contribution in [2.45, 2.75) is 68.8 Å². The zero-order valence-corrected chi connectivity index (χ0v) is 22.9. The van der Waals surface area contributed by atoms with Gasteiger partial charge in [0.2, 0.25) is 0 Å². The van der Waals surface area contributed by atoms with Crippen LogP contribution in [0.1, 0.15) is 68.9 Å². The molecule has 1 heterocycles. The van der Waals surface area contributed by atoms with Crippen molar-refractivity contribution in [3.63, 3.8) is 0 Å². The molecule has 0 spiro atoms. The standard InChI is InChI=1S/C30H34N2O3S/c1-29(2,3)23-14-22(15-24(28(23)34)30(4,5)6)36-21-12-13-25-26(16-21)32(7)27(31-25)18-35-20-10-8-19(17-33)9-11-20/h8-17,34H,18H2,1-7H3. The lowest BCUT2D eigenvalue weighted by Gasteiger charge is -2.28. The van der Waals surface area contributed by atoms with Gasteiger partial charge < -0.3 is 14.4 Å². The molecule has 0 amide bonds. The highest BCUT2D eigenvalue weighted by atomic mass is 32.2. The number of aromatic hydroxyl groups is 1. The molecule has 0 bridgehead atoms. The third-order valence-corrected chi connectivity index (χ3v) is 7.23. The zero-order chi connectivity index (χ0) is 26.3. The minimum Gasteiger partial charge on any atom is -0.507 e. The number of phenols is 1. The maximum Gasteiger partial charge on any atom is 0.150 e. The molecular weight excluding hydrogens is 468 g/mol. The van der Waals surface area contributed by atoms with E-state index in [4.69, 9.17) is 9.72 Å². The zero-order valence-electron chi connectivity index (χ0n) is 22.0. The molecule has 0 atom stereocenters. The number of aromatic nitrogens is 2. The number of imidazole rings is 1. The van der Waals surface area contributed by atoms with E-state index in [9.17, 15) is 9.90 Å². The first-order chi connectivity index (χ1) is 16.9. The fourth-order valence-electron chi connectivity index (χ4n) is 4.15. The molecule has 0 unspecified atom stereocenters. The number of benzene rings is 3. The first-order valence-electron chi connectivity index (χ1n) is 12.1. The molecule has 0 radical (unpaired) electrons. The van der Waals surface area contributed by atoms with Crippen LogP contribution in [0.4, 0.5) is 0 Å². The van der Waals surface area contributed by atoms with Crippen LogP contribution in [0.2, 0.25) is 0 Å². The van der Waals surface area contributed by atoms with Crippen molar-refractivity contribution in [2.24, 2.45) is 7.05 Å². The number of phenolic OH excluding ortho intramolecular Hbond substituents is 1. The van der Waals surface area contributed by atoms with Crippen LogP contribution in [0.25, 0.3) is 11.0 Å². The van der Waals surface area contributed by atoms with Crippen LogP contribution in [0.3, 0.4) is 0 Å². The van der Waals surface area contributed by atoms with E-state index in [1.54, 1.807) is 36.0 Å². The second kappa shape index (κ2) is 9.66. The maximum atomic E-state index is 11.0. The lowest BCUT2D eigenvalue weighted by atomic mass is 9.79. The van der Waals surface area contributed by atoms with Crippen molar-refractivity contribution in [3.05, 3.63) is 77.1 Å². The molecular formula is C30H34N2O3S. The van der Waals surface area contributed by atoms with Gasteiger partial charge in [0.05, 0.1) is 11.0 Å². The lowest BCUT2D eigenvalue weighted by Crippen LogP contribution is -2.17. The third kappa shape index (κ3) is 5.44. The lowest BCUT2D eigenvalue weighted by molar-refractivity contribution is 0.112. The number of ether oxygens (including phenoxy) is 1. The summed E-state index contributed by atoms with van der Waals surface area (Å²) in [5.74, 6) is 1.91. The summed E-state index contributed by atoms with van der Waals surface area (Å²) >= 11 is 1.69. The van der Waals surface area contributed by atoms with E-state index in [1.165, 1.54) is 0 Å². The van der Waals surface area contributed by atoms with Gasteiger partial charge in [0.15, 0.2) is 0 Å². The molecule has 0 fully saturated rings. The molecule has 5 nitrogen and oxygen atoms in total. The highest BCUT2D eigenvalue weighted by molar-refractivity contribution is 7.99. The number of aldehydes is 1. The van der Waals surface area contributed by atoms with Crippen molar-refractivity contribution < 1.29 is 14.6 Å². The first-order valence-corrected chi connectivity index (χ1v) is 12.9. The maximum absolute atomic E-state index is 11.0. The Morgan fingerprint density at radius 1 is 0.917 bits per heavy atom. The van der Waals surface area contributed by atoms with Crippen LogP contribution in [-0.4, -0.2) is 20.9 Å². The number of hydrogen-bond donors (Lipinski definition) is 1. The van der Waals surface area contributed by atoms with Gasteiger partial charge in [-0.1, -0.05) is 53.3 Å². The Balaban J connectivity index is 1.62. The summed E-state index contributed by atoms with van der Waals surface area (Å²) in [4.78, 5) is 17.8. The van der Waals surface area contributed by atoms with Crippen LogP contribution in [0.15, 0.2) is 64.4 Å². The summed E-state index contributed by atoms with van der Waals surface area (Å²) in [7, 11) is 1.99. The van der Waals surface area contributed by atoms with Crippen molar-refractivity contribution in [1.29, 1.82) is 0 Å². The van der Waals surface area contributed by atoms with Crippen molar-refractivity contribution in [2.75, 3.05) is 0 Å². The summed E-state index contributed by atoms with van der Waals surface area (Å²) in [6, 6.07) is 17.5. The molecule has 188 valence electrons. The Labute approximate surface area is 217 Å². The Kier molecular flexibility index (Phi) is 6.93. The second-order valence-corrected chi connectivity index (χ2v) is 12.3. The quantitative estimate of drug-likeness (QED) is 0.278. The van der Waals surface area contributed by atoms with Gasteiger partial charge in [-0.05, 0) is 65.4 Å². The van der Waals surface area contributed by atoms with E-state index < -0.39 is 0 Å². The van der Waals surface area contributed by atoms with Crippen LogP contribution in [0, 0.1) is 0 Å². The average molecular weight is 503 g/mol. The monoisotopic (exact) mass is 502 g/mol. The molecule has 0 saturated heterocycles. The molecule has 36 heavy (non-hydrogen) atoms. The summed E-state index contributed by atoms with van der Waals surface area (Å²) in [6.07, 6.45) is 0.816. The number of rotatable bonds is 6. The van der Waals surface area contributed by atoms with Gasteiger partial charge in [-0.25, -0.2) is 4.98 Å². The number of nitrogens with zero attached hydrogens (tertiary/aromatic N) is 2. The highest BCUT2D eigenvalue weighted by Gasteiger charge is 2.26. The van der Waals surface area contributed by atoms with Crippen LogP contribution < -0.4 is 4.74 Å². The Morgan fingerprint density at radius 2 is 1.53 bits per heavy atom. The number of carbonyl (C=O) groups is 1. The van der Waals surface area contributed by atoms with Gasteiger partial charge in [-0.3, -0.25) is 4.79 Å². The number of carbonyl (C=O) groups excluding carboxylic acids is 1. The van der Waals surface area contributed by atoms with E-state index >= 15 is 0 Å². The molecule has 0 aliphatic heterocycles. The van der Waals surface area contributed by atoms with Crippen LogP contribution in [0.5, 0.6) is 11.5 Å². The summed E-state index contributed by atoms with van der Waals surface area (Å²) < 4.78 is 7.95. The SMILES string of the molecule is Cn1c(COc2ccc(C=O)cc2)nc2ccc(Sc3cc(C(C)(C)C)c(O)c(C(C)(C)C)c3)cc21. The smallest absolute Gasteiger partial charge is 0.150 e. The fourth-order valence-corrected chi connectivity index (χ4v) is 5.08. The van der Waals surface area contributed by atoms with Gasteiger partial charge in [-0.15, -0.1) is 0 Å². The topological polar surface area (TPSA) is 64.4 Å². The molecule has 1 aromatic heterocycles. The third-order valence-electron chi connectivity index (χ3n) is 6.26. The summed E-state index contributed by atoms with van der Waals surface area (Å²) in [5.41, 5.74) is 4.13. The van der Waals surface area contributed by atoms with Crippen molar-refractivity contribution >= 4 is 29.1 Å². The van der Waals surface area contributed by atoms with E-state index in [-0.39, 0.29) is 10.8 Å². The van der Waals surface area contributed by atoms with E-state index in [2.05, 4.69) is 70.4 Å².